The van der Waals surface area contributed by atoms with Crippen molar-refractivity contribution in [3.05, 3.63) is 42.0 Å². The van der Waals surface area contributed by atoms with Crippen LogP contribution in [0.25, 0.3) is 0 Å². The van der Waals surface area contributed by atoms with E-state index in [-0.39, 0.29) is 17.1 Å². The number of primary amides is 1. The highest BCUT2D eigenvalue weighted by atomic mass is 16.3. The summed E-state index contributed by atoms with van der Waals surface area (Å²) in [4.78, 5) is 23.0. The van der Waals surface area contributed by atoms with Gasteiger partial charge in [-0.3, -0.25) is 9.59 Å². The molecule has 2 rings (SSSR count). The van der Waals surface area contributed by atoms with Gasteiger partial charge in [0.1, 0.15) is 12.1 Å². The SMILES string of the molecule is NC(=O)c1nncn1C(=O)c1ccccc1O. The van der Waals surface area contributed by atoms with Gasteiger partial charge in [-0.2, -0.15) is 0 Å². The molecule has 1 aromatic heterocycles. The van der Waals surface area contributed by atoms with Crippen LogP contribution in [0.4, 0.5) is 0 Å². The Morgan fingerprint density at radius 3 is 2.65 bits per heavy atom. The number of aromatic hydroxyl groups is 1. The largest absolute Gasteiger partial charge is 0.507 e. The van der Waals surface area contributed by atoms with Gasteiger partial charge in [0.05, 0.1) is 5.56 Å². The molecular weight excluding hydrogens is 224 g/mol. The van der Waals surface area contributed by atoms with Gasteiger partial charge in [-0.05, 0) is 12.1 Å². The zero-order chi connectivity index (χ0) is 12.4. The summed E-state index contributed by atoms with van der Waals surface area (Å²) in [6, 6.07) is 5.94. The third-order valence-electron chi connectivity index (χ3n) is 2.12. The van der Waals surface area contributed by atoms with E-state index in [9.17, 15) is 14.7 Å². The molecule has 17 heavy (non-hydrogen) atoms. The number of hydrogen-bond acceptors (Lipinski definition) is 5. The van der Waals surface area contributed by atoms with Gasteiger partial charge in [-0.25, -0.2) is 4.57 Å². The molecule has 0 aliphatic heterocycles. The number of rotatable bonds is 2. The smallest absolute Gasteiger partial charge is 0.287 e. The van der Waals surface area contributed by atoms with Gasteiger partial charge >= 0.3 is 0 Å². The van der Waals surface area contributed by atoms with Crippen molar-refractivity contribution >= 4 is 11.8 Å². The molecule has 0 fully saturated rings. The van der Waals surface area contributed by atoms with Crippen LogP contribution in [0.5, 0.6) is 5.75 Å². The fourth-order valence-electron chi connectivity index (χ4n) is 1.34. The fourth-order valence-corrected chi connectivity index (χ4v) is 1.34. The lowest BCUT2D eigenvalue weighted by atomic mass is 10.2. The highest BCUT2D eigenvalue weighted by Gasteiger charge is 2.19. The van der Waals surface area contributed by atoms with Crippen molar-refractivity contribution in [2.75, 3.05) is 0 Å². The number of hydrogen-bond donors (Lipinski definition) is 2. The van der Waals surface area contributed by atoms with Gasteiger partial charge in [-0.15, -0.1) is 10.2 Å². The monoisotopic (exact) mass is 232 g/mol. The van der Waals surface area contributed by atoms with Crippen molar-refractivity contribution in [1.29, 1.82) is 0 Å². The Balaban J connectivity index is 2.48. The predicted octanol–water partition coefficient (Wildman–Crippen LogP) is -0.229. The number of carbonyl (C=O) groups is 2. The Bertz CT molecular complexity index is 591. The third kappa shape index (κ3) is 1.85. The minimum atomic E-state index is -0.869. The van der Waals surface area contributed by atoms with Crippen LogP contribution in [0.15, 0.2) is 30.6 Å². The van der Waals surface area contributed by atoms with Crippen molar-refractivity contribution in [3.63, 3.8) is 0 Å². The average molecular weight is 232 g/mol. The summed E-state index contributed by atoms with van der Waals surface area (Å²) in [5.41, 5.74) is 5.07. The minimum Gasteiger partial charge on any atom is -0.507 e. The van der Waals surface area contributed by atoms with Crippen LogP contribution in [0, 0.1) is 0 Å². The molecule has 7 nitrogen and oxygen atoms in total. The van der Waals surface area contributed by atoms with Crippen LogP contribution in [0.3, 0.4) is 0 Å². The van der Waals surface area contributed by atoms with E-state index in [0.29, 0.717) is 0 Å². The number of aromatic nitrogens is 3. The van der Waals surface area contributed by atoms with Crippen LogP contribution in [-0.4, -0.2) is 31.7 Å². The number of para-hydroxylation sites is 1. The van der Waals surface area contributed by atoms with Crippen molar-refractivity contribution in [1.82, 2.24) is 14.8 Å². The zero-order valence-electron chi connectivity index (χ0n) is 8.57. The average Bonchev–Trinajstić information content (AvgIpc) is 2.77. The summed E-state index contributed by atoms with van der Waals surface area (Å²) < 4.78 is 0.886. The van der Waals surface area contributed by atoms with Gasteiger partial charge in [-0.1, -0.05) is 12.1 Å². The molecule has 7 heteroatoms. The van der Waals surface area contributed by atoms with Crippen molar-refractivity contribution < 1.29 is 14.7 Å². The Morgan fingerprint density at radius 2 is 2.00 bits per heavy atom. The third-order valence-corrected chi connectivity index (χ3v) is 2.12. The molecule has 0 aliphatic carbocycles. The second kappa shape index (κ2) is 4.05. The van der Waals surface area contributed by atoms with Gasteiger partial charge < -0.3 is 10.8 Å². The van der Waals surface area contributed by atoms with Crippen molar-refractivity contribution in [2.45, 2.75) is 0 Å². The summed E-state index contributed by atoms with van der Waals surface area (Å²) in [5.74, 6) is -1.96. The van der Waals surface area contributed by atoms with Crippen molar-refractivity contribution in [3.8, 4) is 5.75 Å². The molecule has 0 atom stereocenters. The van der Waals surface area contributed by atoms with E-state index < -0.39 is 11.8 Å². The Hall–Kier alpha value is -2.70. The second-order valence-corrected chi connectivity index (χ2v) is 3.21. The number of phenols is 1. The summed E-state index contributed by atoms with van der Waals surface area (Å²) in [5, 5.41) is 16.4. The zero-order valence-corrected chi connectivity index (χ0v) is 8.57. The van der Waals surface area contributed by atoms with E-state index in [1.807, 2.05) is 0 Å². The van der Waals surface area contributed by atoms with E-state index in [0.717, 1.165) is 10.9 Å². The lowest BCUT2D eigenvalue weighted by molar-refractivity contribution is 0.0917. The van der Waals surface area contributed by atoms with E-state index >= 15 is 0 Å². The van der Waals surface area contributed by atoms with E-state index in [4.69, 9.17) is 5.73 Å². The second-order valence-electron chi connectivity index (χ2n) is 3.21. The Kier molecular flexibility index (Phi) is 2.57. The molecule has 0 unspecified atom stereocenters. The molecule has 0 saturated carbocycles. The van der Waals surface area contributed by atoms with Crippen molar-refractivity contribution in [2.24, 2.45) is 5.73 Å². The molecule has 3 N–H and O–H groups in total. The number of phenolic OH excluding ortho intramolecular Hbond substituents is 1. The number of nitrogens with zero attached hydrogens (tertiary/aromatic N) is 3. The highest BCUT2D eigenvalue weighted by Crippen LogP contribution is 2.17. The first-order chi connectivity index (χ1) is 8.11. The molecule has 0 aliphatic rings. The Labute approximate surface area is 95.5 Å². The predicted molar refractivity (Wildman–Crippen MR) is 56.4 cm³/mol. The molecular formula is C10H8N4O3. The number of nitrogens with two attached hydrogens (primary N) is 1. The van der Waals surface area contributed by atoms with Crippen LogP contribution < -0.4 is 5.73 Å². The maximum Gasteiger partial charge on any atom is 0.287 e. The summed E-state index contributed by atoms with van der Waals surface area (Å²) in [7, 11) is 0. The molecule has 1 amide bonds. The van der Waals surface area contributed by atoms with E-state index in [1.165, 1.54) is 12.1 Å². The molecule has 0 saturated heterocycles. The maximum absolute atomic E-state index is 12.0. The molecule has 1 aromatic carbocycles. The fraction of sp³-hybridized carbons (Fsp3) is 0. The van der Waals surface area contributed by atoms with E-state index in [1.54, 1.807) is 12.1 Å². The normalized spacial score (nSPS) is 10.1. The van der Waals surface area contributed by atoms with Gasteiger partial charge in [0.2, 0.25) is 5.82 Å². The van der Waals surface area contributed by atoms with Gasteiger partial charge in [0.25, 0.3) is 11.8 Å². The first-order valence-electron chi connectivity index (χ1n) is 4.64. The molecule has 86 valence electrons. The highest BCUT2D eigenvalue weighted by molar-refractivity contribution is 6.02. The van der Waals surface area contributed by atoms with Gasteiger partial charge in [0, 0.05) is 0 Å². The summed E-state index contributed by atoms with van der Waals surface area (Å²) >= 11 is 0. The molecule has 0 bridgehead atoms. The van der Waals surface area contributed by atoms with Gasteiger partial charge in [0.15, 0.2) is 0 Å². The number of benzene rings is 1. The molecule has 2 aromatic rings. The maximum atomic E-state index is 12.0. The summed E-state index contributed by atoms with van der Waals surface area (Å²) in [6.07, 6.45) is 1.06. The minimum absolute atomic E-state index is 0.0369. The van der Waals surface area contributed by atoms with Crippen LogP contribution >= 0.6 is 0 Å². The molecule has 0 radical (unpaired) electrons. The first-order valence-corrected chi connectivity index (χ1v) is 4.64. The lowest BCUT2D eigenvalue weighted by Crippen LogP contribution is -2.22. The van der Waals surface area contributed by atoms with E-state index in [2.05, 4.69) is 10.2 Å². The number of amides is 1. The van der Waals surface area contributed by atoms with Crippen LogP contribution in [0.1, 0.15) is 21.0 Å². The molecule has 1 heterocycles. The standard InChI is InChI=1S/C10H8N4O3/c11-8(16)9-13-12-5-14(9)10(17)6-3-1-2-4-7(6)15/h1-5,15H,(H2,11,16). The number of carbonyl (C=O) groups excluding carboxylic acids is 2. The van der Waals surface area contributed by atoms with Crippen LogP contribution in [-0.2, 0) is 0 Å². The lowest BCUT2D eigenvalue weighted by Gasteiger charge is -2.04. The van der Waals surface area contributed by atoms with Crippen LogP contribution in [0.2, 0.25) is 0 Å². The quantitative estimate of drug-likeness (QED) is 0.742. The first kappa shape index (κ1) is 10.8. The summed E-state index contributed by atoms with van der Waals surface area (Å²) in [6.45, 7) is 0. The Morgan fingerprint density at radius 1 is 1.29 bits per heavy atom. The molecule has 0 spiro atoms. The topological polar surface area (TPSA) is 111 Å².